The van der Waals surface area contributed by atoms with Crippen LogP contribution in [0.15, 0.2) is 12.1 Å². The van der Waals surface area contributed by atoms with E-state index in [0.717, 1.165) is 0 Å². The molecule has 1 amide bonds. The van der Waals surface area contributed by atoms with Crippen LogP contribution < -0.4 is 5.32 Å². The monoisotopic (exact) mass is 277 g/mol. The molecule has 0 bridgehead atoms. The van der Waals surface area contributed by atoms with Crippen molar-refractivity contribution >= 4 is 35.0 Å². The number of phenolic OH excluding ortho intramolecular Hbond substituents is 1. The quantitative estimate of drug-likeness (QED) is 0.814. The van der Waals surface area contributed by atoms with Crippen molar-refractivity contribution in [3.8, 4) is 5.75 Å². The number of phenols is 1. The van der Waals surface area contributed by atoms with Gasteiger partial charge in [0.2, 0.25) is 0 Å². The van der Waals surface area contributed by atoms with Crippen LogP contribution in [0.2, 0.25) is 10.0 Å². The van der Waals surface area contributed by atoms with Gasteiger partial charge in [-0.3, -0.25) is 5.32 Å². The minimum atomic E-state index is -0.688. The van der Waals surface area contributed by atoms with Crippen LogP contribution in [-0.4, -0.2) is 16.8 Å². The summed E-state index contributed by atoms with van der Waals surface area (Å²) in [5.41, 5.74) is -0.498. The van der Waals surface area contributed by atoms with Crippen molar-refractivity contribution in [1.29, 1.82) is 0 Å². The Morgan fingerprint density at radius 2 is 1.94 bits per heavy atom. The lowest BCUT2D eigenvalue weighted by molar-refractivity contribution is 0.0636. The molecular formula is C11H13Cl2NO3. The van der Waals surface area contributed by atoms with Crippen molar-refractivity contribution in [3.05, 3.63) is 22.2 Å². The SMILES string of the molecule is CC(C)(C)OC(=O)Nc1c(Cl)ccc(O)c1Cl. The second-order valence-corrected chi connectivity index (χ2v) is 5.17. The molecule has 0 saturated heterocycles. The molecule has 1 aromatic carbocycles. The lowest BCUT2D eigenvalue weighted by atomic mass is 10.2. The van der Waals surface area contributed by atoms with Crippen LogP contribution in [0.1, 0.15) is 20.8 Å². The van der Waals surface area contributed by atoms with Crippen molar-refractivity contribution in [2.24, 2.45) is 0 Å². The fourth-order valence-electron chi connectivity index (χ4n) is 1.06. The molecule has 2 N–H and O–H groups in total. The Hall–Kier alpha value is -1.13. The zero-order valence-electron chi connectivity index (χ0n) is 9.67. The van der Waals surface area contributed by atoms with Gasteiger partial charge in [-0.2, -0.15) is 0 Å². The molecule has 0 radical (unpaired) electrons. The minimum Gasteiger partial charge on any atom is -0.506 e. The summed E-state index contributed by atoms with van der Waals surface area (Å²) >= 11 is 11.7. The third-order valence-electron chi connectivity index (χ3n) is 1.70. The van der Waals surface area contributed by atoms with E-state index >= 15 is 0 Å². The summed E-state index contributed by atoms with van der Waals surface area (Å²) in [7, 11) is 0. The summed E-state index contributed by atoms with van der Waals surface area (Å²) in [4.78, 5) is 11.5. The van der Waals surface area contributed by atoms with Crippen molar-refractivity contribution in [2.75, 3.05) is 5.32 Å². The number of hydrogen-bond donors (Lipinski definition) is 2. The summed E-state index contributed by atoms with van der Waals surface area (Å²) < 4.78 is 5.04. The normalized spacial score (nSPS) is 11.1. The number of hydrogen-bond acceptors (Lipinski definition) is 3. The first-order valence-corrected chi connectivity index (χ1v) is 5.63. The van der Waals surface area contributed by atoms with Gasteiger partial charge in [0.25, 0.3) is 0 Å². The summed E-state index contributed by atoms with van der Waals surface area (Å²) in [6.45, 7) is 5.20. The molecule has 0 aliphatic rings. The molecule has 0 unspecified atom stereocenters. The Balaban J connectivity index is 2.89. The topological polar surface area (TPSA) is 58.6 Å². The average Bonchev–Trinajstić information content (AvgIpc) is 2.16. The first-order chi connectivity index (χ1) is 7.70. The van der Waals surface area contributed by atoms with Crippen molar-refractivity contribution in [1.82, 2.24) is 0 Å². The molecule has 94 valence electrons. The number of carbonyl (C=O) groups is 1. The van der Waals surface area contributed by atoms with Crippen molar-refractivity contribution in [3.63, 3.8) is 0 Å². The number of anilines is 1. The Bertz CT molecular complexity index is 441. The predicted molar refractivity (Wildman–Crippen MR) is 68.0 cm³/mol. The highest BCUT2D eigenvalue weighted by molar-refractivity contribution is 6.40. The minimum absolute atomic E-state index is 0.0247. The number of aromatic hydroxyl groups is 1. The van der Waals surface area contributed by atoms with Crippen molar-refractivity contribution < 1.29 is 14.6 Å². The maximum absolute atomic E-state index is 11.5. The molecule has 0 fully saturated rings. The molecule has 1 aromatic rings. The van der Waals surface area contributed by atoms with Gasteiger partial charge in [-0.25, -0.2) is 4.79 Å². The molecule has 0 heterocycles. The van der Waals surface area contributed by atoms with Crippen LogP contribution in [0, 0.1) is 0 Å². The van der Waals surface area contributed by atoms with Crippen LogP contribution in [-0.2, 0) is 4.74 Å². The number of rotatable bonds is 1. The van der Waals surface area contributed by atoms with Crippen LogP contribution in [0.25, 0.3) is 0 Å². The Morgan fingerprint density at radius 1 is 1.35 bits per heavy atom. The number of ether oxygens (including phenoxy) is 1. The molecule has 0 spiro atoms. The van der Waals surface area contributed by atoms with E-state index in [1.807, 2.05) is 0 Å². The second kappa shape index (κ2) is 5.02. The van der Waals surface area contributed by atoms with Gasteiger partial charge >= 0.3 is 6.09 Å². The molecule has 4 nitrogen and oxygen atoms in total. The van der Waals surface area contributed by atoms with Gasteiger partial charge in [0.1, 0.15) is 16.4 Å². The van der Waals surface area contributed by atoms with Gasteiger partial charge in [-0.1, -0.05) is 23.2 Å². The second-order valence-electron chi connectivity index (χ2n) is 4.38. The first kappa shape index (κ1) is 13.9. The smallest absolute Gasteiger partial charge is 0.412 e. The van der Waals surface area contributed by atoms with Crippen LogP contribution in [0.4, 0.5) is 10.5 Å². The number of benzene rings is 1. The highest BCUT2D eigenvalue weighted by atomic mass is 35.5. The van der Waals surface area contributed by atoms with Gasteiger partial charge in [0.15, 0.2) is 0 Å². The van der Waals surface area contributed by atoms with E-state index in [0.29, 0.717) is 0 Å². The molecular weight excluding hydrogens is 265 g/mol. The molecule has 1 rings (SSSR count). The zero-order chi connectivity index (χ0) is 13.2. The molecule has 0 aromatic heterocycles. The Labute approximate surface area is 109 Å². The number of amides is 1. The summed E-state index contributed by atoms with van der Waals surface area (Å²) in [6, 6.07) is 2.76. The summed E-state index contributed by atoms with van der Waals surface area (Å²) in [6.07, 6.45) is -0.688. The maximum Gasteiger partial charge on any atom is 0.412 e. The summed E-state index contributed by atoms with van der Waals surface area (Å²) in [5, 5.41) is 12.0. The number of halogens is 2. The molecule has 0 atom stereocenters. The fraction of sp³-hybridized carbons (Fsp3) is 0.364. The standard InChI is InChI=1S/C11H13Cl2NO3/c1-11(2,3)17-10(16)14-9-6(12)4-5-7(15)8(9)13/h4-5,15H,1-3H3,(H,14,16). The highest BCUT2D eigenvalue weighted by Gasteiger charge is 2.19. The van der Waals surface area contributed by atoms with E-state index in [2.05, 4.69) is 5.32 Å². The third-order valence-corrected chi connectivity index (χ3v) is 2.39. The van der Waals surface area contributed by atoms with Crippen LogP contribution >= 0.6 is 23.2 Å². The number of nitrogens with one attached hydrogen (secondary N) is 1. The van der Waals surface area contributed by atoms with Gasteiger partial charge in [0.05, 0.1) is 10.7 Å². The molecule has 6 heteroatoms. The van der Waals surface area contributed by atoms with Gasteiger partial charge < -0.3 is 9.84 Å². The molecule has 17 heavy (non-hydrogen) atoms. The maximum atomic E-state index is 11.5. The lowest BCUT2D eigenvalue weighted by Gasteiger charge is -2.20. The third kappa shape index (κ3) is 3.98. The number of carbonyl (C=O) groups excluding carboxylic acids is 1. The van der Waals surface area contributed by atoms with E-state index in [1.165, 1.54) is 12.1 Å². The van der Waals surface area contributed by atoms with E-state index in [1.54, 1.807) is 20.8 Å². The lowest BCUT2D eigenvalue weighted by Crippen LogP contribution is -2.27. The van der Waals surface area contributed by atoms with E-state index < -0.39 is 11.7 Å². The zero-order valence-corrected chi connectivity index (χ0v) is 11.2. The fourth-order valence-corrected chi connectivity index (χ4v) is 1.53. The van der Waals surface area contributed by atoms with Crippen LogP contribution in [0.3, 0.4) is 0 Å². The Morgan fingerprint density at radius 3 is 2.47 bits per heavy atom. The average molecular weight is 278 g/mol. The highest BCUT2D eigenvalue weighted by Crippen LogP contribution is 2.37. The van der Waals surface area contributed by atoms with Gasteiger partial charge in [-0.05, 0) is 32.9 Å². The van der Waals surface area contributed by atoms with E-state index in [-0.39, 0.29) is 21.5 Å². The molecule has 0 aliphatic carbocycles. The molecule has 0 saturated carbocycles. The van der Waals surface area contributed by atoms with E-state index in [9.17, 15) is 9.90 Å². The van der Waals surface area contributed by atoms with E-state index in [4.69, 9.17) is 27.9 Å². The first-order valence-electron chi connectivity index (χ1n) is 4.87. The largest absolute Gasteiger partial charge is 0.506 e. The van der Waals surface area contributed by atoms with Gasteiger partial charge in [-0.15, -0.1) is 0 Å². The predicted octanol–water partition coefficient (Wildman–Crippen LogP) is 4.05. The van der Waals surface area contributed by atoms with Crippen LogP contribution in [0.5, 0.6) is 5.75 Å². The van der Waals surface area contributed by atoms with Gasteiger partial charge in [0, 0.05) is 0 Å². The molecule has 0 aliphatic heterocycles. The Kier molecular flexibility index (Phi) is 4.11. The van der Waals surface area contributed by atoms with Crippen molar-refractivity contribution in [2.45, 2.75) is 26.4 Å². The summed E-state index contributed by atoms with van der Waals surface area (Å²) in [5.74, 6) is -0.165.